The van der Waals surface area contributed by atoms with Crippen LogP contribution in [0.5, 0.6) is 5.75 Å². The molecule has 0 aromatic heterocycles. The van der Waals surface area contributed by atoms with E-state index in [9.17, 15) is 0 Å². The molecule has 8 heteroatoms. The second-order valence-corrected chi connectivity index (χ2v) is 5.29. The van der Waals surface area contributed by atoms with Crippen molar-refractivity contribution < 1.29 is 29.3 Å². The number of morpholine rings is 1. The predicted molar refractivity (Wildman–Crippen MR) is 82.2 cm³/mol. The van der Waals surface area contributed by atoms with E-state index < -0.39 is 11.9 Å². The lowest BCUT2D eigenvalue weighted by Crippen LogP contribution is -2.38. The largest absolute Gasteiger partial charge is 0.492 e. The summed E-state index contributed by atoms with van der Waals surface area (Å²) < 4.78 is 12.0. The third-order valence-corrected chi connectivity index (χ3v) is 3.25. The van der Waals surface area contributed by atoms with E-state index in [-0.39, 0.29) is 0 Å². The molecule has 7 nitrogen and oxygen atoms in total. The minimum Gasteiger partial charge on any atom is -0.492 e. The van der Waals surface area contributed by atoms with Crippen LogP contribution in [-0.2, 0) is 14.3 Å². The van der Waals surface area contributed by atoms with Gasteiger partial charge in [0.25, 0.3) is 0 Å². The van der Waals surface area contributed by atoms with Crippen molar-refractivity contribution in [3.63, 3.8) is 0 Å². The summed E-state index contributed by atoms with van der Waals surface area (Å²) in [6, 6.07) is 7.94. The molecule has 1 fully saturated rings. The molecule has 0 bridgehead atoms. The van der Waals surface area contributed by atoms with Crippen LogP contribution < -0.4 is 4.74 Å². The van der Waals surface area contributed by atoms with Gasteiger partial charge in [0.15, 0.2) is 0 Å². The van der Waals surface area contributed by atoms with E-state index in [0.717, 1.165) is 49.7 Å². The van der Waals surface area contributed by atoms with Gasteiger partial charge in [0.05, 0.1) is 13.2 Å². The maximum Gasteiger partial charge on any atom is 0.414 e. The minimum absolute atomic E-state index is 0.733. The van der Waals surface area contributed by atoms with E-state index in [1.807, 2.05) is 24.3 Å². The van der Waals surface area contributed by atoms with E-state index >= 15 is 0 Å². The SMILES string of the molecule is Brc1cccc(OCCN2CCOCC2)c1.O=C(O)C(=O)O. The Morgan fingerprint density at radius 2 is 1.86 bits per heavy atom. The number of rotatable bonds is 4. The number of halogens is 1. The maximum atomic E-state index is 9.10. The third kappa shape index (κ3) is 7.96. The molecule has 2 N–H and O–H groups in total. The van der Waals surface area contributed by atoms with Crippen LogP contribution in [0.2, 0.25) is 0 Å². The van der Waals surface area contributed by atoms with Crippen molar-refractivity contribution in [3.8, 4) is 5.75 Å². The van der Waals surface area contributed by atoms with Crippen molar-refractivity contribution in [3.05, 3.63) is 28.7 Å². The fraction of sp³-hybridized carbons (Fsp3) is 0.429. The summed E-state index contributed by atoms with van der Waals surface area (Å²) in [4.78, 5) is 20.6. The van der Waals surface area contributed by atoms with Crippen molar-refractivity contribution >= 4 is 27.9 Å². The number of benzene rings is 1. The van der Waals surface area contributed by atoms with Gasteiger partial charge in [-0.2, -0.15) is 0 Å². The number of aliphatic carboxylic acids is 2. The Balaban J connectivity index is 0.000000346. The van der Waals surface area contributed by atoms with E-state index in [0.29, 0.717) is 0 Å². The van der Waals surface area contributed by atoms with Crippen LogP contribution >= 0.6 is 15.9 Å². The molecule has 1 aliphatic heterocycles. The molecular weight excluding hydrogens is 358 g/mol. The zero-order valence-corrected chi connectivity index (χ0v) is 13.5. The first-order chi connectivity index (χ1) is 10.5. The molecule has 0 atom stereocenters. The Bertz CT molecular complexity index is 478. The average molecular weight is 376 g/mol. The van der Waals surface area contributed by atoms with Gasteiger partial charge < -0.3 is 19.7 Å². The molecule has 1 saturated heterocycles. The molecule has 1 aromatic carbocycles. The maximum absolute atomic E-state index is 9.10. The highest BCUT2D eigenvalue weighted by atomic mass is 79.9. The average Bonchev–Trinajstić information content (AvgIpc) is 2.49. The Morgan fingerprint density at radius 3 is 2.41 bits per heavy atom. The van der Waals surface area contributed by atoms with Crippen LogP contribution in [0.1, 0.15) is 0 Å². The van der Waals surface area contributed by atoms with Gasteiger partial charge in [0, 0.05) is 24.1 Å². The zero-order chi connectivity index (χ0) is 16.4. The summed E-state index contributed by atoms with van der Waals surface area (Å²) in [5.74, 6) is -2.73. The van der Waals surface area contributed by atoms with Crippen LogP contribution in [-0.4, -0.2) is 66.5 Å². The van der Waals surface area contributed by atoms with E-state index in [4.69, 9.17) is 29.3 Å². The monoisotopic (exact) mass is 375 g/mol. The molecule has 0 saturated carbocycles. The van der Waals surface area contributed by atoms with Crippen LogP contribution in [0.3, 0.4) is 0 Å². The first-order valence-electron chi connectivity index (χ1n) is 6.63. The number of nitrogens with zero attached hydrogens (tertiary/aromatic N) is 1. The summed E-state index contributed by atoms with van der Waals surface area (Å²) >= 11 is 3.42. The lowest BCUT2D eigenvalue weighted by atomic mass is 10.3. The summed E-state index contributed by atoms with van der Waals surface area (Å²) in [5, 5.41) is 14.8. The fourth-order valence-corrected chi connectivity index (χ4v) is 2.05. The van der Waals surface area contributed by atoms with Gasteiger partial charge in [-0.1, -0.05) is 22.0 Å². The predicted octanol–water partition coefficient (Wildman–Crippen LogP) is 1.32. The highest BCUT2D eigenvalue weighted by Crippen LogP contribution is 2.17. The quantitative estimate of drug-likeness (QED) is 0.765. The van der Waals surface area contributed by atoms with Gasteiger partial charge in [-0.25, -0.2) is 9.59 Å². The standard InChI is InChI=1S/C12H16BrNO2.C2H2O4/c13-11-2-1-3-12(10-11)16-9-6-14-4-7-15-8-5-14;3-1(4)2(5)6/h1-3,10H,4-9H2;(H,3,4)(H,5,6). The summed E-state index contributed by atoms with van der Waals surface area (Å²) in [5.41, 5.74) is 0. The van der Waals surface area contributed by atoms with Crippen LogP contribution in [0.25, 0.3) is 0 Å². The first kappa shape index (κ1) is 18.4. The Kier molecular flexibility index (Phi) is 8.49. The lowest BCUT2D eigenvalue weighted by Gasteiger charge is -2.26. The van der Waals surface area contributed by atoms with Crippen molar-refractivity contribution in [1.29, 1.82) is 0 Å². The fourth-order valence-electron chi connectivity index (χ4n) is 1.67. The number of carbonyl (C=O) groups is 2. The molecule has 2 rings (SSSR count). The number of hydrogen-bond acceptors (Lipinski definition) is 5. The molecule has 0 aliphatic carbocycles. The highest BCUT2D eigenvalue weighted by Gasteiger charge is 2.09. The molecule has 22 heavy (non-hydrogen) atoms. The Hall–Kier alpha value is -1.64. The Morgan fingerprint density at radius 1 is 1.23 bits per heavy atom. The lowest BCUT2D eigenvalue weighted by molar-refractivity contribution is -0.159. The number of hydrogen-bond donors (Lipinski definition) is 2. The van der Waals surface area contributed by atoms with E-state index in [1.165, 1.54) is 0 Å². The van der Waals surface area contributed by atoms with E-state index in [2.05, 4.69) is 20.8 Å². The molecule has 0 spiro atoms. The van der Waals surface area contributed by atoms with Gasteiger partial charge in [-0.15, -0.1) is 0 Å². The van der Waals surface area contributed by atoms with Gasteiger partial charge in [0.1, 0.15) is 12.4 Å². The number of carboxylic acid groups (broad SMARTS) is 2. The summed E-state index contributed by atoms with van der Waals surface area (Å²) in [6.45, 7) is 5.42. The van der Waals surface area contributed by atoms with Crippen LogP contribution in [0.15, 0.2) is 28.7 Å². The van der Waals surface area contributed by atoms with Crippen LogP contribution in [0.4, 0.5) is 0 Å². The molecular formula is C14H18BrNO6. The Labute approximate surface area is 136 Å². The molecule has 122 valence electrons. The van der Waals surface area contributed by atoms with Gasteiger partial charge in [-0.05, 0) is 18.2 Å². The third-order valence-electron chi connectivity index (χ3n) is 2.76. The minimum atomic E-state index is -1.82. The second-order valence-electron chi connectivity index (χ2n) is 4.37. The van der Waals surface area contributed by atoms with Crippen molar-refractivity contribution in [2.24, 2.45) is 0 Å². The molecule has 0 radical (unpaired) electrons. The number of ether oxygens (including phenoxy) is 2. The molecule has 0 amide bonds. The second kappa shape index (κ2) is 10.1. The molecule has 1 heterocycles. The highest BCUT2D eigenvalue weighted by molar-refractivity contribution is 9.10. The first-order valence-corrected chi connectivity index (χ1v) is 7.43. The normalized spacial score (nSPS) is 14.6. The van der Waals surface area contributed by atoms with Gasteiger partial charge in [-0.3, -0.25) is 4.90 Å². The molecule has 1 aliphatic rings. The van der Waals surface area contributed by atoms with E-state index in [1.54, 1.807) is 0 Å². The van der Waals surface area contributed by atoms with Crippen molar-refractivity contribution in [2.45, 2.75) is 0 Å². The molecule has 1 aromatic rings. The van der Waals surface area contributed by atoms with Crippen LogP contribution in [0, 0.1) is 0 Å². The van der Waals surface area contributed by atoms with Gasteiger partial charge in [0.2, 0.25) is 0 Å². The topological polar surface area (TPSA) is 96.3 Å². The summed E-state index contributed by atoms with van der Waals surface area (Å²) in [7, 11) is 0. The summed E-state index contributed by atoms with van der Waals surface area (Å²) in [6.07, 6.45) is 0. The van der Waals surface area contributed by atoms with Crippen molar-refractivity contribution in [2.75, 3.05) is 39.5 Å². The van der Waals surface area contributed by atoms with Gasteiger partial charge >= 0.3 is 11.9 Å². The smallest absolute Gasteiger partial charge is 0.414 e. The zero-order valence-electron chi connectivity index (χ0n) is 11.9. The molecule has 0 unspecified atom stereocenters. The van der Waals surface area contributed by atoms with Crippen molar-refractivity contribution in [1.82, 2.24) is 4.90 Å². The number of carboxylic acids is 2.